The Bertz CT molecular complexity index is 590. The number of amides is 2. The third-order valence-corrected chi connectivity index (χ3v) is 4.10. The Kier molecular flexibility index (Phi) is 7.25. The van der Waals surface area contributed by atoms with Crippen molar-refractivity contribution in [3.05, 3.63) is 35.9 Å². The standard InChI is InChI=1S/C18H24N2O5/c21-16(22)10-4-5-11-20-12-6-9-15(17(20)23)19-18(24)25-13-14-7-2-1-3-8-14/h1-3,7-8,15H,4-6,9-13H2,(H,19,24)(H,21,22)/t15-/m0/s1. The molecule has 0 spiro atoms. The first-order valence-electron chi connectivity index (χ1n) is 8.54. The number of alkyl carbamates (subject to hydrolysis) is 1. The minimum atomic E-state index is -0.828. The third kappa shape index (κ3) is 6.45. The van der Waals surface area contributed by atoms with Gasteiger partial charge in [0.05, 0.1) is 0 Å². The van der Waals surface area contributed by atoms with Gasteiger partial charge in [0.2, 0.25) is 5.91 Å². The van der Waals surface area contributed by atoms with Crippen molar-refractivity contribution in [2.75, 3.05) is 13.1 Å². The van der Waals surface area contributed by atoms with Crippen molar-refractivity contribution in [2.24, 2.45) is 0 Å². The number of ether oxygens (including phenoxy) is 1. The van der Waals surface area contributed by atoms with Crippen molar-refractivity contribution in [1.82, 2.24) is 10.2 Å². The molecule has 0 saturated carbocycles. The molecule has 7 heteroatoms. The van der Waals surface area contributed by atoms with Crippen LogP contribution in [0.15, 0.2) is 30.3 Å². The Labute approximate surface area is 147 Å². The first-order chi connectivity index (χ1) is 12.1. The Morgan fingerprint density at radius 2 is 2.00 bits per heavy atom. The largest absolute Gasteiger partial charge is 0.481 e. The fourth-order valence-electron chi connectivity index (χ4n) is 2.78. The summed E-state index contributed by atoms with van der Waals surface area (Å²) in [6.07, 6.45) is 2.07. The zero-order valence-electron chi connectivity index (χ0n) is 14.1. The van der Waals surface area contributed by atoms with E-state index in [-0.39, 0.29) is 18.9 Å². The summed E-state index contributed by atoms with van der Waals surface area (Å²) < 4.78 is 5.15. The number of carboxylic acid groups (broad SMARTS) is 1. The summed E-state index contributed by atoms with van der Waals surface area (Å²) >= 11 is 0. The molecule has 1 aliphatic heterocycles. The predicted molar refractivity (Wildman–Crippen MR) is 90.9 cm³/mol. The third-order valence-electron chi connectivity index (χ3n) is 4.10. The van der Waals surface area contributed by atoms with Crippen LogP contribution >= 0.6 is 0 Å². The van der Waals surface area contributed by atoms with E-state index in [1.807, 2.05) is 30.3 Å². The molecule has 1 atom stereocenters. The van der Waals surface area contributed by atoms with Crippen LogP contribution in [0, 0.1) is 0 Å². The first-order valence-corrected chi connectivity index (χ1v) is 8.54. The minimum Gasteiger partial charge on any atom is -0.481 e. The second kappa shape index (κ2) is 9.66. The molecule has 1 aromatic carbocycles. The van der Waals surface area contributed by atoms with Gasteiger partial charge >= 0.3 is 12.1 Å². The summed E-state index contributed by atoms with van der Waals surface area (Å²) in [6, 6.07) is 8.76. The number of carboxylic acids is 1. The topological polar surface area (TPSA) is 95.9 Å². The average Bonchev–Trinajstić information content (AvgIpc) is 2.60. The van der Waals surface area contributed by atoms with Crippen molar-refractivity contribution in [2.45, 2.75) is 44.8 Å². The molecule has 2 rings (SSSR count). The van der Waals surface area contributed by atoms with Gasteiger partial charge in [-0.15, -0.1) is 0 Å². The van der Waals surface area contributed by atoms with Crippen LogP contribution in [0.4, 0.5) is 4.79 Å². The lowest BCUT2D eigenvalue weighted by Gasteiger charge is -2.32. The second-order valence-electron chi connectivity index (χ2n) is 6.08. The number of nitrogens with zero attached hydrogens (tertiary/aromatic N) is 1. The number of rotatable bonds is 8. The number of hydrogen-bond acceptors (Lipinski definition) is 4. The fourth-order valence-corrected chi connectivity index (χ4v) is 2.78. The van der Waals surface area contributed by atoms with E-state index in [1.165, 1.54) is 0 Å². The Balaban J connectivity index is 1.74. The molecule has 0 bridgehead atoms. The van der Waals surface area contributed by atoms with Gasteiger partial charge in [-0.25, -0.2) is 4.79 Å². The van der Waals surface area contributed by atoms with Crippen LogP contribution in [-0.4, -0.2) is 47.1 Å². The van der Waals surface area contributed by atoms with Gasteiger partial charge in [-0.05, 0) is 31.2 Å². The summed E-state index contributed by atoms with van der Waals surface area (Å²) in [6.45, 7) is 1.32. The number of carbonyl (C=O) groups is 3. The number of nitrogens with one attached hydrogen (secondary N) is 1. The quantitative estimate of drug-likeness (QED) is 0.702. The molecule has 25 heavy (non-hydrogen) atoms. The summed E-state index contributed by atoms with van der Waals surface area (Å²) in [5, 5.41) is 11.3. The van der Waals surface area contributed by atoms with E-state index in [4.69, 9.17) is 9.84 Å². The van der Waals surface area contributed by atoms with Crippen molar-refractivity contribution >= 4 is 18.0 Å². The van der Waals surface area contributed by atoms with Gasteiger partial charge < -0.3 is 20.1 Å². The average molecular weight is 348 g/mol. The number of hydrogen-bond donors (Lipinski definition) is 2. The lowest BCUT2D eigenvalue weighted by molar-refractivity contribution is -0.137. The highest BCUT2D eigenvalue weighted by molar-refractivity contribution is 5.86. The summed E-state index contributed by atoms with van der Waals surface area (Å²) in [7, 11) is 0. The molecule has 1 aromatic rings. The van der Waals surface area contributed by atoms with Gasteiger partial charge in [-0.1, -0.05) is 30.3 Å². The SMILES string of the molecule is O=C(O)CCCCN1CCC[C@H](NC(=O)OCc2ccccc2)C1=O. The molecule has 7 nitrogen and oxygen atoms in total. The van der Waals surface area contributed by atoms with E-state index in [9.17, 15) is 14.4 Å². The van der Waals surface area contributed by atoms with E-state index in [2.05, 4.69) is 5.32 Å². The Morgan fingerprint density at radius 3 is 2.72 bits per heavy atom. The highest BCUT2D eigenvalue weighted by Gasteiger charge is 2.29. The lowest BCUT2D eigenvalue weighted by atomic mass is 10.0. The predicted octanol–water partition coefficient (Wildman–Crippen LogP) is 2.16. The summed E-state index contributed by atoms with van der Waals surface area (Å²) in [5.74, 6) is -0.955. The van der Waals surface area contributed by atoms with Crippen LogP contribution in [0.5, 0.6) is 0 Å². The maximum Gasteiger partial charge on any atom is 0.408 e. The number of aliphatic carboxylic acids is 1. The fraction of sp³-hybridized carbons (Fsp3) is 0.500. The molecule has 2 N–H and O–H groups in total. The molecule has 1 aliphatic rings. The van der Waals surface area contributed by atoms with Crippen LogP contribution in [0.25, 0.3) is 0 Å². The van der Waals surface area contributed by atoms with Crippen LogP contribution in [0.2, 0.25) is 0 Å². The van der Waals surface area contributed by atoms with Crippen LogP contribution in [0.3, 0.4) is 0 Å². The number of benzene rings is 1. The number of likely N-dealkylation sites (tertiary alicyclic amines) is 1. The van der Waals surface area contributed by atoms with Gasteiger partial charge in [0.25, 0.3) is 0 Å². The number of piperidine rings is 1. The Morgan fingerprint density at radius 1 is 1.24 bits per heavy atom. The van der Waals surface area contributed by atoms with Crippen molar-refractivity contribution in [3.8, 4) is 0 Å². The van der Waals surface area contributed by atoms with Crippen molar-refractivity contribution in [3.63, 3.8) is 0 Å². The van der Waals surface area contributed by atoms with Crippen molar-refractivity contribution < 1.29 is 24.2 Å². The van der Waals surface area contributed by atoms with E-state index >= 15 is 0 Å². The minimum absolute atomic E-state index is 0.107. The monoisotopic (exact) mass is 348 g/mol. The first kappa shape index (κ1) is 18.8. The smallest absolute Gasteiger partial charge is 0.408 e. The van der Waals surface area contributed by atoms with E-state index < -0.39 is 18.1 Å². The van der Waals surface area contributed by atoms with Gasteiger partial charge in [0.15, 0.2) is 0 Å². The second-order valence-corrected chi connectivity index (χ2v) is 6.08. The zero-order valence-corrected chi connectivity index (χ0v) is 14.1. The number of unbranched alkanes of at least 4 members (excludes halogenated alkanes) is 1. The highest BCUT2D eigenvalue weighted by Crippen LogP contribution is 2.13. The van der Waals surface area contributed by atoms with Crippen LogP contribution < -0.4 is 5.32 Å². The molecule has 2 amide bonds. The zero-order chi connectivity index (χ0) is 18.1. The molecule has 136 valence electrons. The molecule has 0 aliphatic carbocycles. The maximum atomic E-state index is 12.4. The van der Waals surface area contributed by atoms with E-state index in [0.29, 0.717) is 32.4 Å². The normalized spacial score (nSPS) is 17.2. The van der Waals surface area contributed by atoms with Gasteiger partial charge in [0.1, 0.15) is 12.6 Å². The molecule has 0 unspecified atom stereocenters. The van der Waals surface area contributed by atoms with Crippen molar-refractivity contribution in [1.29, 1.82) is 0 Å². The Hall–Kier alpha value is -2.57. The highest BCUT2D eigenvalue weighted by atomic mass is 16.5. The van der Waals surface area contributed by atoms with Crippen LogP contribution in [0.1, 0.15) is 37.7 Å². The molecule has 1 heterocycles. The lowest BCUT2D eigenvalue weighted by Crippen LogP contribution is -2.52. The molecule has 1 saturated heterocycles. The molecular formula is C18H24N2O5. The molecule has 0 aromatic heterocycles. The van der Waals surface area contributed by atoms with Gasteiger partial charge in [-0.2, -0.15) is 0 Å². The van der Waals surface area contributed by atoms with Gasteiger partial charge in [-0.3, -0.25) is 9.59 Å². The maximum absolute atomic E-state index is 12.4. The van der Waals surface area contributed by atoms with Crippen LogP contribution in [-0.2, 0) is 20.9 Å². The van der Waals surface area contributed by atoms with Gasteiger partial charge in [0, 0.05) is 19.5 Å². The molecular weight excluding hydrogens is 324 g/mol. The van der Waals surface area contributed by atoms with E-state index in [0.717, 1.165) is 12.0 Å². The summed E-state index contributed by atoms with van der Waals surface area (Å²) in [4.78, 5) is 36.5. The molecule has 1 fully saturated rings. The number of carbonyl (C=O) groups excluding carboxylic acids is 2. The summed E-state index contributed by atoms with van der Waals surface area (Å²) in [5.41, 5.74) is 0.882. The van der Waals surface area contributed by atoms with E-state index in [1.54, 1.807) is 4.90 Å². The molecule has 0 radical (unpaired) electrons.